The van der Waals surface area contributed by atoms with Crippen molar-refractivity contribution in [2.24, 2.45) is 5.92 Å². The molecule has 1 aromatic heterocycles. The molecule has 0 bridgehead atoms. The van der Waals surface area contributed by atoms with Gasteiger partial charge >= 0.3 is 0 Å². The lowest BCUT2D eigenvalue weighted by molar-refractivity contribution is -0.137. The number of para-hydroxylation sites is 1. The number of rotatable bonds is 9. The van der Waals surface area contributed by atoms with Gasteiger partial charge in [0.2, 0.25) is 11.8 Å². The van der Waals surface area contributed by atoms with Crippen LogP contribution >= 0.6 is 0 Å². The molecule has 3 aromatic rings. The van der Waals surface area contributed by atoms with Crippen molar-refractivity contribution in [3.8, 4) is 0 Å². The van der Waals surface area contributed by atoms with Crippen LogP contribution in [0.1, 0.15) is 62.9 Å². The van der Waals surface area contributed by atoms with Crippen LogP contribution in [-0.4, -0.2) is 46.2 Å². The number of nitrogens with zero attached hydrogens (tertiary/aromatic N) is 2. The largest absolute Gasteiger partial charge is 0.356 e. The third-order valence-corrected chi connectivity index (χ3v) is 6.96. The van der Waals surface area contributed by atoms with Crippen molar-refractivity contribution in [1.82, 2.24) is 14.8 Å². The first kappa shape index (κ1) is 24.1. The number of aromatic amines is 1. The van der Waals surface area contributed by atoms with Gasteiger partial charge in [0.1, 0.15) is 0 Å². The highest BCUT2D eigenvalue weighted by molar-refractivity contribution is 5.86. The minimum atomic E-state index is 0.0350. The summed E-state index contributed by atoms with van der Waals surface area (Å²) in [5, 5.41) is 1.27. The van der Waals surface area contributed by atoms with Crippen molar-refractivity contribution in [2.75, 3.05) is 19.6 Å². The van der Waals surface area contributed by atoms with Gasteiger partial charge in [0.15, 0.2) is 0 Å². The van der Waals surface area contributed by atoms with E-state index in [1.165, 1.54) is 22.2 Å². The third kappa shape index (κ3) is 5.19. The smallest absolute Gasteiger partial charge is 0.224 e. The number of hydrogen-bond donors (Lipinski definition) is 1. The predicted molar refractivity (Wildman–Crippen MR) is 138 cm³/mol. The Morgan fingerprint density at radius 2 is 1.76 bits per heavy atom. The monoisotopic (exact) mass is 459 g/mol. The van der Waals surface area contributed by atoms with Crippen molar-refractivity contribution in [3.05, 3.63) is 71.4 Å². The van der Waals surface area contributed by atoms with Crippen LogP contribution in [0.25, 0.3) is 10.9 Å². The summed E-state index contributed by atoms with van der Waals surface area (Å²) in [5.41, 5.74) is 4.88. The molecule has 2 amide bonds. The van der Waals surface area contributed by atoms with Gasteiger partial charge in [-0.15, -0.1) is 0 Å². The van der Waals surface area contributed by atoms with Crippen molar-refractivity contribution in [1.29, 1.82) is 0 Å². The van der Waals surface area contributed by atoms with E-state index in [1.54, 1.807) is 0 Å². The molecule has 5 heteroatoms. The zero-order valence-electron chi connectivity index (χ0n) is 20.7. The van der Waals surface area contributed by atoms with Crippen LogP contribution in [0.15, 0.2) is 54.6 Å². The Balaban J connectivity index is 1.46. The van der Waals surface area contributed by atoms with Crippen molar-refractivity contribution < 1.29 is 9.59 Å². The number of fused-ring (bicyclic) bond motifs is 3. The molecule has 1 aliphatic rings. The number of carbonyl (C=O) groups is 2. The summed E-state index contributed by atoms with van der Waals surface area (Å²) < 4.78 is 0. The van der Waals surface area contributed by atoms with Crippen LogP contribution in [0.3, 0.4) is 0 Å². The third-order valence-electron chi connectivity index (χ3n) is 6.96. The minimum absolute atomic E-state index is 0.0350. The Hall–Kier alpha value is -3.08. The van der Waals surface area contributed by atoms with E-state index in [0.29, 0.717) is 31.8 Å². The second-order valence-electron chi connectivity index (χ2n) is 9.71. The Morgan fingerprint density at radius 1 is 1.03 bits per heavy atom. The predicted octanol–water partition coefficient (Wildman–Crippen LogP) is 5.51. The standard InChI is InChI=1S/C29H37N3O2/c1-4-10-26(33)31(18-15-22-11-6-5-7-12-22)19-17-27(34)32-20-16-24-23-13-8-9-14-25(23)30-28(24)29(32)21(2)3/h5-9,11-14,21,29-30H,4,10,15-20H2,1-3H3. The van der Waals surface area contributed by atoms with E-state index in [-0.39, 0.29) is 17.9 Å². The Kier molecular flexibility index (Phi) is 7.71. The summed E-state index contributed by atoms with van der Waals surface area (Å²) in [6.07, 6.45) is 3.38. The second-order valence-corrected chi connectivity index (χ2v) is 9.71. The summed E-state index contributed by atoms with van der Waals surface area (Å²) in [7, 11) is 0. The summed E-state index contributed by atoms with van der Waals surface area (Å²) in [6.45, 7) is 8.24. The zero-order chi connectivity index (χ0) is 24.1. The molecule has 2 aromatic carbocycles. The van der Waals surface area contributed by atoms with Gasteiger partial charge in [0.05, 0.1) is 6.04 Å². The molecule has 1 aliphatic heterocycles. The van der Waals surface area contributed by atoms with Gasteiger partial charge < -0.3 is 14.8 Å². The lowest BCUT2D eigenvalue weighted by Gasteiger charge is -2.38. The van der Waals surface area contributed by atoms with E-state index in [0.717, 1.165) is 31.3 Å². The number of carbonyl (C=O) groups excluding carboxylic acids is 2. The molecule has 0 fully saturated rings. The van der Waals surface area contributed by atoms with Crippen molar-refractivity contribution in [3.63, 3.8) is 0 Å². The minimum Gasteiger partial charge on any atom is -0.356 e. The normalized spacial score (nSPS) is 15.5. The molecular weight excluding hydrogens is 422 g/mol. The number of aromatic nitrogens is 1. The van der Waals surface area contributed by atoms with Gasteiger partial charge in [-0.2, -0.15) is 0 Å². The first-order chi connectivity index (χ1) is 16.5. The molecule has 5 nitrogen and oxygen atoms in total. The Labute approximate surface area is 203 Å². The van der Waals surface area contributed by atoms with Gasteiger partial charge in [-0.25, -0.2) is 0 Å². The van der Waals surface area contributed by atoms with E-state index in [2.05, 4.69) is 55.2 Å². The van der Waals surface area contributed by atoms with Crippen molar-refractivity contribution >= 4 is 22.7 Å². The number of benzene rings is 2. The van der Waals surface area contributed by atoms with Crippen LogP contribution in [-0.2, 0) is 22.4 Å². The quantitative estimate of drug-likeness (QED) is 0.459. The Bertz CT molecular complexity index is 1120. The van der Waals surface area contributed by atoms with E-state index in [1.807, 2.05) is 34.9 Å². The summed E-state index contributed by atoms with van der Waals surface area (Å²) in [4.78, 5) is 33.8. The van der Waals surface area contributed by atoms with Crippen molar-refractivity contribution in [2.45, 2.75) is 58.9 Å². The molecule has 0 spiro atoms. The molecule has 180 valence electrons. The van der Waals surface area contributed by atoms with E-state index in [4.69, 9.17) is 0 Å². The van der Waals surface area contributed by atoms with Crippen LogP contribution in [0.2, 0.25) is 0 Å². The molecule has 1 unspecified atom stereocenters. The molecule has 0 aliphatic carbocycles. The fraction of sp³-hybridized carbons (Fsp3) is 0.448. The second kappa shape index (κ2) is 10.9. The zero-order valence-corrected chi connectivity index (χ0v) is 20.7. The number of amides is 2. The highest BCUT2D eigenvalue weighted by Crippen LogP contribution is 2.38. The van der Waals surface area contributed by atoms with Gasteiger partial charge in [0, 0.05) is 49.1 Å². The van der Waals surface area contributed by atoms with Crippen LogP contribution in [0, 0.1) is 5.92 Å². The number of nitrogens with one attached hydrogen (secondary N) is 1. The molecular formula is C29H37N3O2. The topological polar surface area (TPSA) is 56.4 Å². The highest BCUT2D eigenvalue weighted by atomic mass is 16.2. The Morgan fingerprint density at radius 3 is 2.50 bits per heavy atom. The first-order valence-electron chi connectivity index (χ1n) is 12.7. The summed E-state index contributed by atoms with van der Waals surface area (Å²) in [6, 6.07) is 18.7. The van der Waals surface area contributed by atoms with Crippen LogP contribution in [0.5, 0.6) is 0 Å². The van der Waals surface area contributed by atoms with Gasteiger partial charge in [-0.3, -0.25) is 9.59 Å². The van der Waals surface area contributed by atoms with Crippen LogP contribution in [0.4, 0.5) is 0 Å². The average molecular weight is 460 g/mol. The maximum atomic E-state index is 13.5. The molecule has 0 radical (unpaired) electrons. The number of hydrogen-bond acceptors (Lipinski definition) is 2. The number of H-pyrrole nitrogens is 1. The SMILES string of the molecule is CCCC(=O)N(CCC(=O)N1CCc2c([nH]c3ccccc23)C1C(C)C)CCc1ccccc1. The van der Waals surface area contributed by atoms with E-state index >= 15 is 0 Å². The van der Waals surface area contributed by atoms with Gasteiger partial charge in [0.25, 0.3) is 0 Å². The van der Waals surface area contributed by atoms with E-state index in [9.17, 15) is 9.59 Å². The average Bonchev–Trinajstić information content (AvgIpc) is 3.22. The molecule has 2 heterocycles. The fourth-order valence-electron chi connectivity index (χ4n) is 5.26. The lowest BCUT2D eigenvalue weighted by Crippen LogP contribution is -2.44. The van der Waals surface area contributed by atoms with Gasteiger partial charge in [-0.1, -0.05) is 69.3 Å². The van der Waals surface area contributed by atoms with Crippen LogP contribution < -0.4 is 0 Å². The van der Waals surface area contributed by atoms with E-state index < -0.39 is 0 Å². The summed E-state index contributed by atoms with van der Waals surface area (Å²) in [5.74, 6) is 0.576. The first-order valence-corrected chi connectivity index (χ1v) is 12.7. The lowest BCUT2D eigenvalue weighted by atomic mass is 9.90. The van der Waals surface area contributed by atoms with Gasteiger partial charge in [-0.05, 0) is 42.4 Å². The highest BCUT2D eigenvalue weighted by Gasteiger charge is 2.35. The molecule has 0 saturated heterocycles. The maximum absolute atomic E-state index is 13.5. The molecule has 1 N–H and O–H groups in total. The molecule has 4 rings (SSSR count). The molecule has 0 saturated carbocycles. The fourth-order valence-corrected chi connectivity index (χ4v) is 5.26. The summed E-state index contributed by atoms with van der Waals surface area (Å²) >= 11 is 0. The molecule has 1 atom stereocenters. The molecule has 34 heavy (non-hydrogen) atoms. The maximum Gasteiger partial charge on any atom is 0.224 e.